The van der Waals surface area contributed by atoms with Gasteiger partial charge in [0.15, 0.2) is 0 Å². The van der Waals surface area contributed by atoms with Crippen LogP contribution in [0.2, 0.25) is 10.0 Å². The molecule has 0 heterocycles. The maximum atomic E-state index is 12.4. The number of para-hydroxylation sites is 2. The number of esters is 1. The number of aliphatic hydroxyl groups excluding tert-OH is 1. The van der Waals surface area contributed by atoms with E-state index in [-0.39, 0.29) is 19.6 Å². The second-order valence-corrected chi connectivity index (χ2v) is 9.75. The number of rotatable bonds is 10. The summed E-state index contributed by atoms with van der Waals surface area (Å²) in [7, 11) is 0. The van der Waals surface area contributed by atoms with E-state index in [1.807, 2.05) is 0 Å². The predicted octanol–water partition coefficient (Wildman–Crippen LogP) is 4.21. The molecule has 0 bridgehead atoms. The van der Waals surface area contributed by atoms with Crippen molar-refractivity contribution in [3.8, 4) is 0 Å². The summed E-state index contributed by atoms with van der Waals surface area (Å²) in [4.78, 5) is 36.7. The summed E-state index contributed by atoms with van der Waals surface area (Å²) in [5.41, 5.74) is 1.08. The summed E-state index contributed by atoms with van der Waals surface area (Å²) in [5, 5.41) is 18.7. The molecule has 4 N–H and O–H groups in total. The first-order chi connectivity index (χ1) is 16.9. The first kappa shape index (κ1) is 29.2. The van der Waals surface area contributed by atoms with Gasteiger partial charge < -0.3 is 30.5 Å². The fraction of sp³-hybridized carbons (Fsp3) is 0.400. The molecule has 2 atom stereocenters. The maximum absolute atomic E-state index is 12.4. The van der Waals surface area contributed by atoms with Crippen LogP contribution in [0.25, 0.3) is 0 Å². The number of carbonyl (C=O) groups excluding carboxylic acids is 3. The number of benzene rings is 2. The highest BCUT2D eigenvalue weighted by Crippen LogP contribution is 2.33. The molecule has 196 valence electrons. The van der Waals surface area contributed by atoms with Crippen molar-refractivity contribution in [2.75, 3.05) is 18.5 Å². The van der Waals surface area contributed by atoms with Gasteiger partial charge in [-0.2, -0.15) is 0 Å². The quantitative estimate of drug-likeness (QED) is 0.263. The Morgan fingerprint density at radius 2 is 1.67 bits per heavy atom. The summed E-state index contributed by atoms with van der Waals surface area (Å²) in [6, 6.07) is 11.1. The number of hydrogen-bond donors (Lipinski definition) is 4. The van der Waals surface area contributed by atoms with Gasteiger partial charge in [0.25, 0.3) is 0 Å². The lowest BCUT2D eigenvalue weighted by molar-refractivity contribution is -0.143. The van der Waals surface area contributed by atoms with Crippen LogP contribution < -0.4 is 16.0 Å². The Bertz CT molecular complexity index is 1050. The van der Waals surface area contributed by atoms with E-state index >= 15 is 0 Å². The highest BCUT2D eigenvalue weighted by molar-refractivity contribution is 6.39. The van der Waals surface area contributed by atoms with Crippen molar-refractivity contribution in [2.45, 2.75) is 51.9 Å². The minimum absolute atomic E-state index is 0.0150. The Morgan fingerprint density at radius 1 is 1.03 bits per heavy atom. The van der Waals surface area contributed by atoms with Crippen molar-refractivity contribution in [1.29, 1.82) is 0 Å². The first-order valence-electron chi connectivity index (χ1n) is 11.3. The number of alkyl carbamates (subject to hydrolysis) is 1. The third kappa shape index (κ3) is 9.56. The van der Waals surface area contributed by atoms with Crippen molar-refractivity contribution >= 4 is 52.5 Å². The monoisotopic (exact) mass is 539 g/mol. The average molecular weight is 540 g/mol. The second-order valence-electron chi connectivity index (χ2n) is 8.93. The normalized spacial score (nSPS) is 12.8. The number of halogens is 2. The molecule has 0 saturated carbocycles. The van der Waals surface area contributed by atoms with Gasteiger partial charge in [-0.3, -0.25) is 9.59 Å². The molecule has 2 rings (SSSR count). The third-order valence-corrected chi connectivity index (χ3v) is 5.31. The zero-order valence-corrected chi connectivity index (χ0v) is 22.1. The Hall–Kier alpha value is -3.01. The molecule has 0 aliphatic carbocycles. The minimum Gasteiger partial charge on any atom is -0.464 e. The highest BCUT2D eigenvalue weighted by atomic mass is 35.5. The molecular weight excluding hydrogens is 509 g/mol. The van der Waals surface area contributed by atoms with E-state index in [4.69, 9.17) is 32.7 Å². The zero-order valence-electron chi connectivity index (χ0n) is 20.6. The van der Waals surface area contributed by atoms with E-state index in [9.17, 15) is 19.5 Å². The molecule has 2 amide bonds. The Kier molecular flexibility index (Phi) is 10.8. The molecular formula is C25H31Cl2N3O6. The lowest BCUT2D eigenvalue weighted by atomic mass is 10.1. The van der Waals surface area contributed by atoms with E-state index in [2.05, 4.69) is 16.0 Å². The second kappa shape index (κ2) is 13.3. The Balaban J connectivity index is 1.87. The molecule has 0 fully saturated rings. The van der Waals surface area contributed by atoms with Gasteiger partial charge in [0.1, 0.15) is 18.2 Å². The summed E-state index contributed by atoms with van der Waals surface area (Å²) in [6.45, 7) is 6.29. The van der Waals surface area contributed by atoms with Crippen molar-refractivity contribution in [3.63, 3.8) is 0 Å². The summed E-state index contributed by atoms with van der Waals surface area (Å²) in [5.74, 6) is -1.15. The molecule has 0 saturated heterocycles. The number of amides is 2. The van der Waals surface area contributed by atoms with Gasteiger partial charge in [-0.1, -0.05) is 47.5 Å². The lowest BCUT2D eigenvalue weighted by Gasteiger charge is -2.24. The lowest BCUT2D eigenvalue weighted by Crippen LogP contribution is -2.53. The number of carbonyl (C=O) groups is 3. The fourth-order valence-corrected chi connectivity index (χ4v) is 3.54. The van der Waals surface area contributed by atoms with Gasteiger partial charge in [0.05, 0.1) is 34.8 Å². The van der Waals surface area contributed by atoms with Crippen LogP contribution in [0.3, 0.4) is 0 Å². The molecule has 0 aliphatic rings. The standard InChI is InChI=1S/C25H31Cl2N3O6/c1-15(31)21(30-24(34)36-25(2,3)4)23(33)28-12-13-35-20(32)14-16-8-5-6-11-19(16)29-22-17(26)9-7-10-18(22)27/h5-11,15,21,29,31H,12-14H2,1-4H3,(H,28,33)(H,30,34)/t15-,21+/m1/s1. The van der Waals surface area contributed by atoms with Gasteiger partial charge in [0.2, 0.25) is 5.91 Å². The van der Waals surface area contributed by atoms with E-state index in [1.54, 1.807) is 63.2 Å². The van der Waals surface area contributed by atoms with Crippen LogP contribution in [0.1, 0.15) is 33.3 Å². The van der Waals surface area contributed by atoms with Gasteiger partial charge in [-0.25, -0.2) is 4.79 Å². The smallest absolute Gasteiger partial charge is 0.408 e. The molecule has 2 aromatic carbocycles. The summed E-state index contributed by atoms with van der Waals surface area (Å²) >= 11 is 12.5. The molecule has 11 heteroatoms. The van der Waals surface area contributed by atoms with E-state index in [0.29, 0.717) is 27.0 Å². The highest BCUT2D eigenvalue weighted by Gasteiger charge is 2.28. The molecule has 9 nitrogen and oxygen atoms in total. The molecule has 2 aromatic rings. The number of ether oxygens (including phenoxy) is 2. The van der Waals surface area contributed by atoms with Crippen LogP contribution in [0, 0.1) is 0 Å². The van der Waals surface area contributed by atoms with Gasteiger partial charge in [-0.15, -0.1) is 0 Å². The molecule has 0 radical (unpaired) electrons. The minimum atomic E-state index is -1.23. The summed E-state index contributed by atoms with van der Waals surface area (Å²) in [6.07, 6.45) is -2.04. The van der Waals surface area contributed by atoms with Crippen molar-refractivity contribution in [3.05, 3.63) is 58.1 Å². The zero-order chi connectivity index (χ0) is 26.9. The SMILES string of the molecule is C[C@@H](O)[C@H](NC(=O)OC(C)(C)C)C(=O)NCCOC(=O)Cc1ccccc1Nc1c(Cl)cccc1Cl. The summed E-state index contributed by atoms with van der Waals surface area (Å²) < 4.78 is 10.3. The molecule has 0 aliphatic heterocycles. The van der Waals surface area contributed by atoms with Crippen LogP contribution in [0.15, 0.2) is 42.5 Å². The van der Waals surface area contributed by atoms with Crippen LogP contribution in [-0.2, 0) is 25.5 Å². The van der Waals surface area contributed by atoms with Crippen LogP contribution in [-0.4, -0.2) is 54.0 Å². The molecule has 0 unspecified atom stereocenters. The van der Waals surface area contributed by atoms with Crippen LogP contribution in [0.5, 0.6) is 0 Å². The van der Waals surface area contributed by atoms with Crippen LogP contribution in [0.4, 0.5) is 16.2 Å². The number of hydrogen-bond acceptors (Lipinski definition) is 7. The van der Waals surface area contributed by atoms with E-state index < -0.39 is 35.7 Å². The number of nitrogens with one attached hydrogen (secondary N) is 3. The third-order valence-electron chi connectivity index (χ3n) is 4.68. The predicted molar refractivity (Wildman–Crippen MR) is 139 cm³/mol. The van der Waals surface area contributed by atoms with Gasteiger partial charge in [-0.05, 0) is 51.5 Å². The molecule has 36 heavy (non-hydrogen) atoms. The van der Waals surface area contributed by atoms with Crippen LogP contribution >= 0.6 is 23.2 Å². The van der Waals surface area contributed by atoms with E-state index in [1.165, 1.54) is 6.92 Å². The van der Waals surface area contributed by atoms with Crippen molar-refractivity contribution < 1.29 is 29.0 Å². The molecule has 0 spiro atoms. The van der Waals surface area contributed by atoms with E-state index in [0.717, 1.165) is 0 Å². The number of aliphatic hydroxyl groups is 1. The topological polar surface area (TPSA) is 126 Å². The number of anilines is 2. The van der Waals surface area contributed by atoms with Gasteiger partial charge >= 0.3 is 12.1 Å². The Labute approximate surface area is 220 Å². The van der Waals surface area contributed by atoms with Crippen molar-refractivity contribution in [1.82, 2.24) is 10.6 Å². The maximum Gasteiger partial charge on any atom is 0.408 e. The first-order valence-corrected chi connectivity index (χ1v) is 12.0. The largest absolute Gasteiger partial charge is 0.464 e. The fourth-order valence-electron chi connectivity index (χ4n) is 3.04. The van der Waals surface area contributed by atoms with Crippen molar-refractivity contribution in [2.24, 2.45) is 0 Å². The molecule has 0 aromatic heterocycles. The average Bonchev–Trinajstić information content (AvgIpc) is 2.77. The Morgan fingerprint density at radius 3 is 2.28 bits per heavy atom. The van der Waals surface area contributed by atoms with Gasteiger partial charge in [0, 0.05) is 5.69 Å².